The van der Waals surface area contributed by atoms with Crippen LogP contribution in [-0.4, -0.2) is 87.6 Å². The van der Waals surface area contributed by atoms with Gasteiger partial charge in [-0.25, -0.2) is 0 Å². The molecule has 310 valence electrons. The predicted molar refractivity (Wildman–Crippen MR) is 239 cm³/mol. The SMILES string of the molecule is CC.CNc1cc(C(=O)Nc2ccc3sc(C(=O)Nc4ccc(N)cc4)cc3c2)n(C)c1.COCCCC=O.COc1ccc(N=CC2CCCCN2C)c(C=O)c1. The van der Waals surface area contributed by atoms with Crippen molar-refractivity contribution in [1.82, 2.24) is 9.47 Å². The molecule has 1 atom stereocenters. The van der Waals surface area contributed by atoms with Crippen LogP contribution in [0.25, 0.3) is 10.1 Å². The number of nitrogens with one attached hydrogen (secondary N) is 3. The summed E-state index contributed by atoms with van der Waals surface area (Å²) in [7, 11) is 8.96. The van der Waals surface area contributed by atoms with Crippen molar-refractivity contribution in [3.8, 4) is 5.75 Å². The number of piperidine rings is 1. The fourth-order valence-electron chi connectivity index (χ4n) is 5.75. The minimum atomic E-state index is -0.199. The third-order valence-corrected chi connectivity index (χ3v) is 10.1. The second kappa shape index (κ2) is 24.7. The number of hydrogen-bond donors (Lipinski definition) is 4. The lowest BCUT2D eigenvalue weighted by Gasteiger charge is -2.29. The number of nitrogens with zero attached hydrogens (tertiary/aromatic N) is 3. The van der Waals surface area contributed by atoms with Gasteiger partial charge in [0, 0.05) is 80.0 Å². The zero-order valence-electron chi connectivity index (χ0n) is 34.5. The maximum Gasteiger partial charge on any atom is 0.272 e. The lowest BCUT2D eigenvalue weighted by atomic mass is 10.0. The van der Waals surface area contributed by atoms with Crippen molar-refractivity contribution in [2.45, 2.75) is 52.0 Å². The van der Waals surface area contributed by atoms with E-state index in [1.54, 1.807) is 55.2 Å². The molecule has 0 saturated carbocycles. The number of unbranched alkanes of at least 4 members (excludes halogenated alkanes) is 1. The number of benzene rings is 3. The maximum absolute atomic E-state index is 12.6. The highest BCUT2D eigenvalue weighted by atomic mass is 32.1. The summed E-state index contributed by atoms with van der Waals surface area (Å²) in [4.78, 5) is 53.2. The molecule has 0 radical (unpaired) electrons. The van der Waals surface area contributed by atoms with Crippen LogP contribution >= 0.6 is 11.3 Å². The van der Waals surface area contributed by atoms with E-state index in [0.29, 0.717) is 63.7 Å². The van der Waals surface area contributed by atoms with E-state index in [-0.39, 0.29) is 11.8 Å². The first-order valence-corrected chi connectivity index (χ1v) is 20.1. The average molecular weight is 812 g/mol. The number of amides is 2. The summed E-state index contributed by atoms with van der Waals surface area (Å²) >= 11 is 1.40. The van der Waals surface area contributed by atoms with Crippen LogP contribution in [-0.2, 0) is 16.6 Å². The molecule has 58 heavy (non-hydrogen) atoms. The molecule has 3 heterocycles. The van der Waals surface area contributed by atoms with Crippen LogP contribution in [0.1, 0.15) is 76.5 Å². The van der Waals surface area contributed by atoms with Gasteiger partial charge in [-0.05, 0) is 111 Å². The van der Waals surface area contributed by atoms with Crippen molar-refractivity contribution in [3.05, 3.63) is 95.1 Å². The number of likely N-dealkylation sites (tertiary alicyclic amines) is 1. The number of aliphatic imine (C=N–C) groups is 1. The molecular weight excluding hydrogens is 755 g/mol. The van der Waals surface area contributed by atoms with Gasteiger partial charge in [-0.15, -0.1) is 11.3 Å². The van der Waals surface area contributed by atoms with Crippen molar-refractivity contribution < 1.29 is 28.7 Å². The first-order chi connectivity index (χ1) is 28.1. The van der Waals surface area contributed by atoms with E-state index < -0.39 is 0 Å². The molecular formula is C44H57N7O6S. The minimum Gasteiger partial charge on any atom is -0.497 e. The Morgan fingerprint density at radius 3 is 2.28 bits per heavy atom. The van der Waals surface area contributed by atoms with Gasteiger partial charge in [0.05, 0.1) is 23.4 Å². The smallest absolute Gasteiger partial charge is 0.272 e. The van der Waals surface area contributed by atoms with Crippen molar-refractivity contribution in [1.29, 1.82) is 0 Å². The fraction of sp³-hybridized carbons (Fsp3) is 0.341. The molecule has 0 aliphatic carbocycles. The van der Waals surface area contributed by atoms with Gasteiger partial charge >= 0.3 is 0 Å². The summed E-state index contributed by atoms with van der Waals surface area (Å²) < 4.78 is 12.5. The molecule has 1 saturated heterocycles. The number of rotatable bonds is 13. The molecule has 1 unspecified atom stereocenters. The van der Waals surface area contributed by atoms with Crippen molar-refractivity contribution >= 4 is 80.5 Å². The van der Waals surface area contributed by atoms with Gasteiger partial charge < -0.3 is 40.5 Å². The summed E-state index contributed by atoms with van der Waals surface area (Å²) in [5.41, 5.74) is 10.4. The molecule has 13 nitrogen and oxygen atoms in total. The summed E-state index contributed by atoms with van der Waals surface area (Å²) in [6.45, 7) is 5.80. The van der Waals surface area contributed by atoms with Crippen LogP contribution in [0.3, 0.4) is 0 Å². The van der Waals surface area contributed by atoms with Crippen LogP contribution in [0.15, 0.2) is 84.0 Å². The van der Waals surface area contributed by atoms with Gasteiger partial charge in [-0.2, -0.15) is 0 Å². The van der Waals surface area contributed by atoms with Crippen molar-refractivity contribution in [2.75, 3.05) is 63.2 Å². The van der Waals surface area contributed by atoms with Crippen LogP contribution in [0.2, 0.25) is 0 Å². The monoisotopic (exact) mass is 811 g/mol. The Hall–Kier alpha value is -5.83. The van der Waals surface area contributed by atoms with Crippen molar-refractivity contribution in [3.63, 3.8) is 0 Å². The first-order valence-electron chi connectivity index (χ1n) is 19.2. The molecule has 0 spiro atoms. The Morgan fingerprint density at radius 2 is 1.64 bits per heavy atom. The second-order valence-corrected chi connectivity index (χ2v) is 14.1. The van der Waals surface area contributed by atoms with Crippen LogP contribution in [0, 0.1) is 0 Å². The summed E-state index contributed by atoms with van der Waals surface area (Å²) in [6, 6.07) is 21.9. The third-order valence-electron chi connectivity index (χ3n) is 8.94. The molecule has 1 aliphatic heterocycles. The standard InChI is InChI=1S/C22H21N5O2S.C15H20N2O2.C5H10O2.C2H6/c1-24-17-11-18(27(2)12-17)21(28)26-16-7-8-19-13(9-16)10-20(30-19)22(29)25-15-5-3-14(23)4-6-15;1-17-8-4-3-5-13(17)10-16-15-7-6-14(19-2)9-12(15)11-18;1-7-5-3-2-4-6;1-2/h3-12,24H,23H2,1-2H3,(H,25,29)(H,26,28);6-7,9-11,13H,3-5,8H2,1-2H3;4H,2-3,5H2,1H3;1-2H3. The molecule has 1 fully saturated rings. The molecule has 2 amide bonds. The molecule has 5 aromatic rings. The Kier molecular flexibility index (Phi) is 19.8. The number of nitrogen functional groups attached to an aromatic ring is 1. The fourth-order valence-corrected chi connectivity index (χ4v) is 6.69. The quantitative estimate of drug-likeness (QED) is 0.0393. The van der Waals surface area contributed by atoms with Crippen molar-refractivity contribution in [2.24, 2.45) is 12.0 Å². The topological polar surface area (TPSA) is 169 Å². The number of methoxy groups -OCH3 is 2. The Balaban J connectivity index is 0.000000274. The molecule has 0 bridgehead atoms. The molecule has 5 N–H and O–H groups in total. The number of ether oxygens (including phenoxy) is 2. The highest BCUT2D eigenvalue weighted by Crippen LogP contribution is 2.29. The van der Waals surface area contributed by atoms with Crippen LogP contribution in [0.4, 0.5) is 28.4 Å². The number of anilines is 4. The van der Waals surface area contributed by atoms with E-state index in [0.717, 1.165) is 47.7 Å². The number of nitrogens with two attached hydrogens (primary N) is 1. The molecule has 3 aromatic carbocycles. The van der Waals surface area contributed by atoms with Gasteiger partial charge in [-0.3, -0.25) is 24.3 Å². The van der Waals surface area contributed by atoms with Gasteiger partial charge in [0.15, 0.2) is 6.29 Å². The number of aromatic nitrogens is 1. The second-order valence-electron chi connectivity index (χ2n) is 13.0. The zero-order chi connectivity index (χ0) is 42.5. The number of carbonyl (C=O) groups is 4. The number of fused-ring (bicyclic) bond motifs is 1. The van der Waals surface area contributed by atoms with E-state index in [9.17, 15) is 19.2 Å². The number of aldehydes is 2. The molecule has 2 aromatic heterocycles. The van der Waals surface area contributed by atoms with E-state index in [1.807, 2.05) is 76.8 Å². The van der Waals surface area contributed by atoms with Gasteiger partial charge in [-0.1, -0.05) is 20.3 Å². The van der Waals surface area contributed by atoms with Gasteiger partial charge in [0.25, 0.3) is 11.8 Å². The number of hydrogen-bond acceptors (Lipinski definition) is 11. The Morgan fingerprint density at radius 1 is 0.914 bits per heavy atom. The lowest BCUT2D eigenvalue weighted by Crippen LogP contribution is -2.37. The largest absolute Gasteiger partial charge is 0.497 e. The highest BCUT2D eigenvalue weighted by molar-refractivity contribution is 7.20. The number of carbonyl (C=O) groups excluding carboxylic acids is 4. The molecule has 6 rings (SSSR count). The number of thiophene rings is 1. The Bertz CT molecular complexity index is 2090. The number of aryl methyl sites for hydroxylation is 1. The van der Waals surface area contributed by atoms with Crippen LogP contribution in [0.5, 0.6) is 5.75 Å². The van der Waals surface area contributed by atoms with Gasteiger partial charge in [0.1, 0.15) is 17.7 Å². The predicted octanol–water partition coefficient (Wildman–Crippen LogP) is 8.70. The molecule has 1 aliphatic rings. The first kappa shape index (κ1) is 46.6. The average Bonchev–Trinajstić information content (AvgIpc) is 3.86. The highest BCUT2D eigenvalue weighted by Gasteiger charge is 2.17. The summed E-state index contributed by atoms with van der Waals surface area (Å²) in [6.07, 6.45) is 10.6. The summed E-state index contributed by atoms with van der Waals surface area (Å²) in [5.74, 6) is 0.292. The van der Waals surface area contributed by atoms with E-state index in [2.05, 4.69) is 37.6 Å². The molecule has 14 heteroatoms. The van der Waals surface area contributed by atoms with E-state index in [4.69, 9.17) is 10.5 Å². The lowest BCUT2D eigenvalue weighted by molar-refractivity contribution is -0.108. The third kappa shape index (κ3) is 14.3. The Labute approximate surface area is 345 Å². The summed E-state index contributed by atoms with van der Waals surface area (Å²) in [5, 5.41) is 9.70. The zero-order valence-corrected chi connectivity index (χ0v) is 35.4. The van der Waals surface area contributed by atoms with E-state index in [1.165, 1.54) is 24.2 Å². The van der Waals surface area contributed by atoms with Gasteiger partial charge in [0.2, 0.25) is 0 Å². The maximum atomic E-state index is 12.6. The minimum absolute atomic E-state index is 0.185. The van der Waals surface area contributed by atoms with E-state index >= 15 is 0 Å². The normalized spacial score (nSPS) is 13.5. The van der Waals surface area contributed by atoms with Crippen LogP contribution < -0.4 is 26.4 Å².